The average molecular weight is 278 g/mol. The third kappa shape index (κ3) is 2.62. The van der Waals surface area contributed by atoms with Crippen molar-refractivity contribution in [2.45, 2.75) is 57.2 Å². The van der Waals surface area contributed by atoms with Crippen LogP contribution in [0.5, 0.6) is 0 Å². The molecule has 0 aliphatic heterocycles. The van der Waals surface area contributed by atoms with E-state index in [0.717, 1.165) is 13.0 Å². The van der Waals surface area contributed by atoms with Gasteiger partial charge in [0.1, 0.15) is 0 Å². The maximum absolute atomic E-state index is 9.11. The maximum Gasteiger partial charge on any atom is 0.0644 e. The van der Waals surface area contributed by atoms with E-state index < -0.39 is 0 Å². The molecule has 0 amide bonds. The third-order valence-electron chi connectivity index (χ3n) is 4.95. The highest BCUT2D eigenvalue weighted by molar-refractivity contribution is 5.25. The SMILES string of the molecule is NCC1CCCC1NC1CCCc2c1cnn2CCO. The number of nitrogens with zero attached hydrogens (tertiary/aromatic N) is 2. The van der Waals surface area contributed by atoms with Gasteiger partial charge in [-0.1, -0.05) is 6.42 Å². The predicted octanol–water partition coefficient (Wildman–Crippen LogP) is 0.970. The summed E-state index contributed by atoms with van der Waals surface area (Å²) >= 11 is 0. The van der Waals surface area contributed by atoms with E-state index >= 15 is 0 Å². The Morgan fingerprint density at radius 3 is 3.05 bits per heavy atom. The number of fused-ring (bicyclic) bond motifs is 1. The van der Waals surface area contributed by atoms with Crippen molar-refractivity contribution < 1.29 is 5.11 Å². The van der Waals surface area contributed by atoms with Gasteiger partial charge in [-0.3, -0.25) is 4.68 Å². The van der Waals surface area contributed by atoms with Crippen LogP contribution in [-0.2, 0) is 13.0 Å². The number of nitrogens with one attached hydrogen (secondary N) is 1. The van der Waals surface area contributed by atoms with E-state index in [0.29, 0.717) is 24.5 Å². The van der Waals surface area contributed by atoms with E-state index in [1.807, 2.05) is 10.9 Å². The summed E-state index contributed by atoms with van der Waals surface area (Å²) < 4.78 is 1.97. The van der Waals surface area contributed by atoms with Gasteiger partial charge in [0.15, 0.2) is 0 Å². The molecule has 4 N–H and O–H groups in total. The lowest BCUT2D eigenvalue weighted by Crippen LogP contribution is -2.39. The van der Waals surface area contributed by atoms with Gasteiger partial charge in [0.25, 0.3) is 0 Å². The molecule has 0 saturated heterocycles. The van der Waals surface area contributed by atoms with Crippen LogP contribution in [0.2, 0.25) is 0 Å². The van der Waals surface area contributed by atoms with Crippen molar-refractivity contribution in [1.82, 2.24) is 15.1 Å². The van der Waals surface area contributed by atoms with Crippen LogP contribution < -0.4 is 11.1 Å². The predicted molar refractivity (Wildman–Crippen MR) is 78.3 cm³/mol. The zero-order valence-electron chi connectivity index (χ0n) is 12.1. The van der Waals surface area contributed by atoms with Gasteiger partial charge >= 0.3 is 0 Å². The van der Waals surface area contributed by atoms with Crippen molar-refractivity contribution in [1.29, 1.82) is 0 Å². The minimum absolute atomic E-state index is 0.157. The highest BCUT2D eigenvalue weighted by Gasteiger charge is 2.31. The largest absolute Gasteiger partial charge is 0.394 e. The summed E-state index contributed by atoms with van der Waals surface area (Å²) in [6.07, 6.45) is 9.26. The molecule has 1 aromatic heterocycles. The molecule has 0 spiro atoms. The molecule has 3 unspecified atom stereocenters. The summed E-state index contributed by atoms with van der Waals surface area (Å²) in [6, 6.07) is 0.987. The van der Waals surface area contributed by atoms with Crippen molar-refractivity contribution in [3.8, 4) is 0 Å². The molecule has 1 saturated carbocycles. The molecule has 3 atom stereocenters. The zero-order chi connectivity index (χ0) is 13.9. The zero-order valence-corrected chi connectivity index (χ0v) is 12.1. The van der Waals surface area contributed by atoms with Crippen molar-refractivity contribution in [2.24, 2.45) is 11.7 Å². The van der Waals surface area contributed by atoms with E-state index in [1.165, 1.54) is 43.4 Å². The Morgan fingerprint density at radius 2 is 2.25 bits per heavy atom. The summed E-state index contributed by atoms with van der Waals surface area (Å²) in [5.41, 5.74) is 8.53. The van der Waals surface area contributed by atoms with Gasteiger partial charge in [-0.25, -0.2) is 0 Å². The van der Waals surface area contributed by atoms with Crippen molar-refractivity contribution in [2.75, 3.05) is 13.2 Å². The number of nitrogens with two attached hydrogens (primary N) is 1. The van der Waals surface area contributed by atoms with Gasteiger partial charge in [-0.2, -0.15) is 5.10 Å². The van der Waals surface area contributed by atoms with E-state index in [4.69, 9.17) is 10.8 Å². The van der Waals surface area contributed by atoms with Gasteiger partial charge in [0.2, 0.25) is 0 Å². The molecular formula is C15H26N4O. The highest BCUT2D eigenvalue weighted by Crippen LogP contribution is 2.33. The molecular weight excluding hydrogens is 252 g/mol. The maximum atomic E-state index is 9.11. The topological polar surface area (TPSA) is 76.1 Å². The summed E-state index contributed by atoms with van der Waals surface area (Å²) in [4.78, 5) is 0. The van der Waals surface area contributed by atoms with Crippen LogP contribution in [0.25, 0.3) is 0 Å². The van der Waals surface area contributed by atoms with Gasteiger partial charge in [-0.15, -0.1) is 0 Å². The minimum Gasteiger partial charge on any atom is -0.394 e. The van der Waals surface area contributed by atoms with Gasteiger partial charge < -0.3 is 16.2 Å². The first-order valence-corrected chi connectivity index (χ1v) is 7.95. The fourth-order valence-electron chi connectivity index (χ4n) is 3.88. The second kappa shape index (κ2) is 6.24. The molecule has 1 aromatic rings. The molecule has 2 aliphatic carbocycles. The Hall–Kier alpha value is -0.910. The van der Waals surface area contributed by atoms with Crippen LogP contribution in [0.15, 0.2) is 6.20 Å². The first-order valence-electron chi connectivity index (χ1n) is 7.95. The number of aromatic nitrogens is 2. The number of aliphatic hydroxyl groups is 1. The molecule has 3 rings (SSSR count). The molecule has 112 valence electrons. The molecule has 0 radical (unpaired) electrons. The second-order valence-electron chi connectivity index (χ2n) is 6.14. The van der Waals surface area contributed by atoms with E-state index in [-0.39, 0.29) is 6.61 Å². The highest BCUT2D eigenvalue weighted by atomic mass is 16.3. The third-order valence-corrected chi connectivity index (χ3v) is 4.95. The first-order chi connectivity index (χ1) is 9.83. The van der Waals surface area contributed by atoms with E-state index in [9.17, 15) is 0 Å². The lowest BCUT2D eigenvalue weighted by atomic mass is 9.91. The molecule has 20 heavy (non-hydrogen) atoms. The molecule has 0 bridgehead atoms. The van der Waals surface area contributed by atoms with Crippen LogP contribution >= 0.6 is 0 Å². The minimum atomic E-state index is 0.157. The van der Waals surface area contributed by atoms with Crippen LogP contribution in [-0.4, -0.2) is 34.1 Å². The fraction of sp³-hybridized carbons (Fsp3) is 0.800. The molecule has 0 aromatic carbocycles. The summed E-state index contributed by atoms with van der Waals surface area (Å²) in [5.74, 6) is 0.632. The Morgan fingerprint density at radius 1 is 1.35 bits per heavy atom. The Bertz CT molecular complexity index is 445. The standard InChI is InChI=1S/C15H26N4O/c16-9-11-3-1-4-13(11)18-14-5-2-6-15-12(14)10-17-19(15)7-8-20/h10-11,13-14,18,20H,1-9,16H2. The lowest BCUT2D eigenvalue weighted by molar-refractivity contribution is 0.265. The quantitative estimate of drug-likeness (QED) is 0.750. The smallest absolute Gasteiger partial charge is 0.0644 e. The number of aliphatic hydroxyl groups excluding tert-OH is 1. The van der Waals surface area contributed by atoms with Crippen molar-refractivity contribution >= 4 is 0 Å². The van der Waals surface area contributed by atoms with E-state index in [2.05, 4.69) is 10.4 Å². The van der Waals surface area contributed by atoms with Crippen molar-refractivity contribution in [3.63, 3.8) is 0 Å². The average Bonchev–Trinajstić information content (AvgIpc) is 3.07. The Balaban J connectivity index is 1.73. The second-order valence-corrected chi connectivity index (χ2v) is 6.14. The molecule has 5 nitrogen and oxygen atoms in total. The first kappa shape index (κ1) is 14.0. The normalized spacial score (nSPS) is 29.6. The molecule has 1 fully saturated rings. The monoisotopic (exact) mass is 278 g/mol. The summed E-state index contributed by atoms with van der Waals surface area (Å²) in [7, 11) is 0. The molecule has 2 aliphatic rings. The Labute approximate surface area is 120 Å². The van der Waals surface area contributed by atoms with Crippen molar-refractivity contribution in [3.05, 3.63) is 17.5 Å². The lowest BCUT2D eigenvalue weighted by Gasteiger charge is -2.29. The van der Waals surface area contributed by atoms with Crippen LogP contribution in [0.3, 0.4) is 0 Å². The summed E-state index contributed by atoms with van der Waals surface area (Å²) in [5, 5.41) is 17.4. The van der Waals surface area contributed by atoms with Gasteiger partial charge in [0.05, 0.1) is 19.3 Å². The van der Waals surface area contributed by atoms with E-state index in [1.54, 1.807) is 0 Å². The fourth-order valence-corrected chi connectivity index (χ4v) is 3.88. The van der Waals surface area contributed by atoms with Crippen LogP contribution in [0.1, 0.15) is 49.4 Å². The molecule has 1 heterocycles. The van der Waals surface area contributed by atoms with Crippen LogP contribution in [0.4, 0.5) is 0 Å². The van der Waals surface area contributed by atoms with Gasteiger partial charge in [-0.05, 0) is 44.6 Å². The number of hydrogen-bond acceptors (Lipinski definition) is 4. The van der Waals surface area contributed by atoms with Crippen LogP contribution in [0, 0.1) is 5.92 Å². The Kier molecular flexibility index (Phi) is 4.38. The summed E-state index contributed by atoms with van der Waals surface area (Å²) in [6.45, 7) is 1.56. The molecule has 5 heteroatoms. The number of hydrogen-bond donors (Lipinski definition) is 3. The number of rotatable bonds is 5. The van der Waals surface area contributed by atoms with Gasteiger partial charge in [0, 0.05) is 23.3 Å².